The molecule has 3 N–H and O–H groups in total. The molecule has 2 saturated carbocycles. The second-order valence-corrected chi connectivity index (χ2v) is 6.66. The van der Waals surface area contributed by atoms with Gasteiger partial charge in [-0.3, -0.25) is 11.3 Å². The largest absolute Gasteiger partial charge is 0.271 e. The Morgan fingerprint density at radius 1 is 0.944 bits per heavy atom. The molecule has 1 unspecified atom stereocenters. The average Bonchev–Trinajstić information content (AvgIpc) is 2.43. The molecule has 106 valence electrons. The van der Waals surface area contributed by atoms with Gasteiger partial charge in [-0.25, -0.2) is 0 Å². The number of nitrogens with one attached hydrogen (secondary N) is 1. The summed E-state index contributed by atoms with van der Waals surface area (Å²) in [4.78, 5) is 0. The first-order chi connectivity index (χ1) is 8.85. The molecule has 0 amide bonds. The Kier molecular flexibility index (Phi) is 5.97. The normalized spacial score (nSPS) is 32.3. The maximum absolute atomic E-state index is 5.88. The Labute approximate surface area is 113 Å². The Morgan fingerprint density at radius 3 is 2.11 bits per heavy atom. The van der Waals surface area contributed by atoms with Gasteiger partial charge in [0.05, 0.1) is 0 Å². The van der Waals surface area contributed by atoms with Crippen molar-refractivity contribution in [3.05, 3.63) is 0 Å². The fourth-order valence-corrected chi connectivity index (χ4v) is 4.39. The maximum atomic E-state index is 5.88. The van der Waals surface area contributed by atoms with Crippen molar-refractivity contribution in [3.63, 3.8) is 0 Å². The minimum atomic E-state index is 0.605. The minimum Gasteiger partial charge on any atom is -0.271 e. The molecular weight excluding hydrogens is 220 g/mol. The molecule has 2 rings (SSSR count). The Hall–Kier alpha value is -0.0800. The van der Waals surface area contributed by atoms with E-state index in [-0.39, 0.29) is 0 Å². The van der Waals surface area contributed by atoms with E-state index in [0.29, 0.717) is 6.04 Å². The van der Waals surface area contributed by atoms with Crippen LogP contribution in [0.2, 0.25) is 0 Å². The van der Waals surface area contributed by atoms with Crippen LogP contribution in [0.5, 0.6) is 0 Å². The van der Waals surface area contributed by atoms with Crippen LogP contribution in [0, 0.1) is 17.8 Å². The summed E-state index contributed by atoms with van der Waals surface area (Å²) in [5, 5.41) is 0. The Bertz CT molecular complexity index is 215. The molecule has 0 saturated heterocycles. The number of hydrogen-bond donors (Lipinski definition) is 2. The van der Waals surface area contributed by atoms with Gasteiger partial charge in [0.15, 0.2) is 0 Å². The molecule has 0 heterocycles. The van der Waals surface area contributed by atoms with E-state index < -0.39 is 0 Å². The van der Waals surface area contributed by atoms with Crippen LogP contribution in [0.25, 0.3) is 0 Å². The third kappa shape index (κ3) is 3.71. The molecule has 0 aromatic rings. The van der Waals surface area contributed by atoms with E-state index in [2.05, 4.69) is 12.3 Å². The van der Waals surface area contributed by atoms with E-state index in [9.17, 15) is 0 Å². The van der Waals surface area contributed by atoms with Crippen LogP contribution in [0.4, 0.5) is 0 Å². The highest BCUT2D eigenvalue weighted by atomic mass is 15.2. The van der Waals surface area contributed by atoms with Crippen LogP contribution in [0.1, 0.15) is 77.6 Å². The third-order valence-corrected chi connectivity index (χ3v) is 5.45. The highest BCUT2D eigenvalue weighted by Gasteiger charge is 2.32. The van der Waals surface area contributed by atoms with Crippen molar-refractivity contribution < 1.29 is 0 Å². The third-order valence-electron chi connectivity index (χ3n) is 5.45. The Morgan fingerprint density at radius 2 is 1.56 bits per heavy atom. The van der Waals surface area contributed by atoms with E-state index >= 15 is 0 Å². The molecule has 2 aliphatic rings. The predicted molar refractivity (Wildman–Crippen MR) is 78.0 cm³/mol. The summed E-state index contributed by atoms with van der Waals surface area (Å²) in [6, 6.07) is 0.605. The summed E-state index contributed by atoms with van der Waals surface area (Å²) in [5.74, 6) is 8.60. The van der Waals surface area contributed by atoms with Crippen LogP contribution in [0.15, 0.2) is 0 Å². The quantitative estimate of drug-likeness (QED) is 0.573. The molecule has 0 aromatic heterocycles. The van der Waals surface area contributed by atoms with E-state index in [1.165, 1.54) is 70.6 Å². The van der Waals surface area contributed by atoms with Crippen LogP contribution >= 0.6 is 0 Å². The fraction of sp³-hybridized carbons (Fsp3) is 1.00. The van der Waals surface area contributed by atoms with E-state index in [0.717, 1.165) is 17.8 Å². The van der Waals surface area contributed by atoms with Crippen molar-refractivity contribution in [1.82, 2.24) is 5.43 Å². The first-order valence-electron chi connectivity index (χ1n) is 8.31. The van der Waals surface area contributed by atoms with Gasteiger partial charge in [-0.15, -0.1) is 0 Å². The van der Waals surface area contributed by atoms with Gasteiger partial charge in [-0.1, -0.05) is 51.9 Å². The van der Waals surface area contributed by atoms with Crippen molar-refractivity contribution in [3.8, 4) is 0 Å². The second-order valence-electron chi connectivity index (χ2n) is 6.66. The summed E-state index contributed by atoms with van der Waals surface area (Å²) in [6.45, 7) is 2.32. The molecule has 2 fully saturated rings. The lowest BCUT2D eigenvalue weighted by atomic mass is 9.71. The molecule has 2 heteroatoms. The summed E-state index contributed by atoms with van der Waals surface area (Å²) in [6.07, 6.45) is 15.6. The van der Waals surface area contributed by atoms with Crippen molar-refractivity contribution in [2.45, 2.75) is 83.6 Å². The number of rotatable bonds is 5. The maximum Gasteiger partial charge on any atom is 0.0266 e. The molecule has 1 atom stereocenters. The molecule has 2 aliphatic carbocycles. The molecule has 2 nitrogen and oxygen atoms in total. The molecular formula is C16H32N2. The summed E-state index contributed by atoms with van der Waals surface area (Å²) < 4.78 is 0. The zero-order chi connectivity index (χ0) is 12.8. The predicted octanol–water partition coefficient (Wildman–Crippen LogP) is 4.01. The van der Waals surface area contributed by atoms with Gasteiger partial charge in [0, 0.05) is 6.04 Å². The van der Waals surface area contributed by atoms with E-state index in [4.69, 9.17) is 5.84 Å². The molecule has 0 bridgehead atoms. The number of hydrazine groups is 1. The van der Waals surface area contributed by atoms with E-state index in [1.807, 2.05) is 0 Å². The van der Waals surface area contributed by atoms with Crippen LogP contribution in [0.3, 0.4) is 0 Å². The summed E-state index contributed by atoms with van der Waals surface area (Å²) >= 11 is 0. The fourth-order valence-electron chi connectivity index (χ4n) is 4.39. The summed E-state index contributed by atoms with van der Waals surface area (Å²) in [7, 11) is 0. The van der Waals surface area contributed by atoms with Gasteiger partial charge in [0.1, 0.15) is 0 Å². The van der Waals surface area contributed by atoms with Gasteiger partial charge in [0.2, 0.25) is 0 Å². The van der Waals surface area contributed by atoms with E-state index in [1.54, 1.807) is 0 Å². The Balaban J connectivity index is 1.81. The second kappa shape index (κ2) is 7.49. The topological polar surface area (TPSA) is 38.0 Å². The average molecular weight is 252 g/mol. The molecule has 0 aromatic carbocycles. The lowest BCUT2D eigenvalue weighted by Gasteiger charge is -2.39. The van der Waals surface area contributed by atoms with Crippen molar-refractivity contribution in [2.24, 2.45) is 23.6 Å². The van der Waals surface area contributed by atoms with Gasteiger partial charge < -0.3 is 0 Å². The lowest BCUT2D eigenvalue weighted by Crippen LogP contribution is -2.47. The highest BCUT2D eigenvalue weighted by Crippen LogP contribution is 2.38. The first-order valence-corrected chi connectivity index (χ1v) is 8.31. The molecule has 0 radical (unpaired) electrons. The van der Waals surface area contributed by atoms with Gasteiger partial charge in [-0.2, -0.15) is 0 Å². The van der Waals surface area contributed by atoms with Crippen molar-refractivity contribution in [2.75, 3.05) is 0 Å². The zero-order valence-corrected chi connectivity index (χ0v) is 12.2. The molecule has 0 spiro atoms. The molecule has 18 heavy (non-hydrogen) atoms. The van der Waals surface area contributed by atoms with Gasteiger partial charge in [0.25, 0.3) is 0 Å². The zero-order valence-electron chi connectivity index (χ0n) is 12.2. The smallest absolute Gasteiger partial charge is 0.0266 e. The lowest BCUT2D eigenvalue weighted by molar-refractivity contribution is 0.150. The van der Waals surface area contributed by atoms with Gasteiger partial charge >= 0.3 is 0 Å². The monoisotopic (exact) mass is 252 g/mol. The number of nitrogens with two attached hydrogens (primary N) is 1. The van der Waals surface area contributed by atoms with Crippen LogP contribution in [-0.4, -0.2) is 6.04 Å². The van der Waals surface area contributed by atoms with Gasteiger partial charge in [-0.05, 0) is 43.4 Å². The first kappa shape index (κ1) is 14.3. The summed E-state index contributed by atoms with van der Waals surface area (Å²) in [5.41, 5.74) is 3.19. The standard InChI is InChI=1S/C16H32N2/c1-2-6-13-9-11-15(12-10-13)16(18-17)14-7-4-3-5-8-14/h13-16,18H,2-12,17H2,1H3. The van der Waals surface area contributed by atoms with Crippen LogP contribution < -0.4 is 11.3 Å². The van der Waals surface area contributed by atoms with Crippen molar-refractivity contribution in [1.29, 1.82) is 0 Å². The minimum absolute atomic E-state index is 0.605. The number of hydrogen-bond acceptors (Lipinski definition) is 2. The SMILES string of the molecule is CCCC1CCC(C(NN)C2CCCCC2)CC1. The highest BCUT2D eigenvalue weighted by molar-refractivity contribution is 4.86. The van der Waals surface area contributed by atoms with Crippen LogP contribution in [-0.2, 0) is 0 Å². The molecule has 0 aliphatic heterocycles. The van der Waals surface area contributed by atoms with Crippen molar-refractivity contribution >= 4 is 0 Å².